The molecule has 0 radical (unpaired) electrons. The summed E-state index contributed by atoms with van der Waals surface area (Å²) in [6.45, 7) is 4.38. The van der Waals surface area contributed by atoms with Gasteiger partial charge in [-0.15, -0.1) is 11.3 Å². The third-order valence-corrected chi connectivity index (χ3v) is 8.87. The maximum atomic E-state index is 13.6. The molecule has 7 nitrogen and oxygen atoms in total. The van der Waals surface area contributed by atoms with Gasteiger partial charge in [0.2, 0.25) is 22.7 Å². The van der Waals surface area contributed by atoms with Crippen LogP contribution >= 0.6 is 34.5 Å². The first-order valence-corrected chi connectivity index (χ1v) is 14.3. The van der Waals surface area contributed by atoms with Crippen LogP contribution in [0.15, 0.2) is 58.8 Å². The second-order valence-electron chi connectivity index (χ2n) is 8.78. The second-order valence-corrected chi connectivity index (χ2v) is 12.6. The molecule has 192 valence electrons. The Morgan fingerprint density at radius 2 is 1.83 bits per heavy atom. The molecule has 0 spiro atoms. The summed E-state index contributed by atoms with van der Waals surface area (Å²) in [6.07, 6.45) is 0. The molecule has 0 bridgehead atoms. The molecule has 0 unspecified atom stereocenters. The van der Waals surface area contributed by atoms with Gasteiger partial charge in [0.1, 0.15) is 4.90 Å². The van der Waals surface area contributed by atoms with Crippen molar-refractivity contribution in [3.05, 3.63) is 74.4 Å². The highest BCUT2D eigenvalue weighted by atomic mass is 35.5. The van der Waals surface area contributed by atoms with Crippen molar-refractivity contribution in [3.8, 4) is 11.5 Å². The number of hydrogen-bond donors (Lipinski definition) is 0. The number of rotatable bonds is 10. The van der Waals surface area contributed by atoms with Crippen LogP contribution < -0.4 is 9.47 Å². The minimum absolute atomic E-state index is 0.0230. The lowest BCUT2D eigenvalue weighted by molar-refractivity contribution is -0.132. The molecule has 0 aliphatic carbocycles. The van der Waals surface area contributed by atoms with E-state index in [1.165, 1.54) is 33.8 Å². The van der Waals surface area contributed by atoms with Crippen LogP contribution in [0, 0.1) is 5.92 Å². The molecule has 4 rings (SSSR count). The average molecular weight is 570 g/mol. The Bertz CT molecular complexity index is 1330. The minimum Gasteiger partial charge on any atom is -0.454 e. The SMILES string of the molecule is CC(C)CN(CC(=O)N(Cc1ccc2c(c1)OCO2)Cc1cccs1)S(=O)(=O)c1cc(Cl)ccc1Cl. The number of fused-ring (bicyclic) bond motifs is 1. The number of thiophene rings is 1. The Kier molecular flexibility index (Phi) is 8.47. The zero-order chi connectivity index (χ0) is 25.9. The van der Waals surface area contributed by atoms with Gasteiger partial charge in [0.15, 0.2) is 11.5 Å². The summed E-state index contributed by atoms with van der Waals surface area (Å²) < 4.78 is 39.2. The third kappa shape index (κ3) is 6.33. The Balaban J connectivity index is 1.62. The topological polar surface area (TPSA) is 76.2 Å². The molecule has 0 saturated carbocycles. The number of carbonyl (C=O) groups excluding carboxylic acids is 1. The van der Waals surface area contributed by atoms with Gasteiger partial charge in [-0.25, -0.2) is 8.42 Å². The molecule has 0 fully saturated rings. The fourth-order valence-electron chi connectivity index (χ4n) is 3.80. The molecule has 11 heteroatoms. The van der Waals surface area contributed by atoms with Crippen molar-refractivity contribution in [2.24, 2.45) is 5.92 Å². The summed E-state index contributed by atoms with van der Waals surface area (Å²) in [5, 5.41) is 2.24. The molecule has 0 atom stereocenters. The van der Waals surface area contributed by atoms with Crippen molar-refractivity contribution in [2.75, 3.05) is 19.9 Å². The number of amides is 1. The van der Waals surface area contributed by atoms with Gasteiger partial charge in [0, 0.05) is 23.0 Å². The van der Waals surface area contributed by atoms with E-state index in [-0.39, 0.29) is 53.2 Å². The zero-order valence-corrected chi connectivity index (χ0v) is 23.0. The van der Waals surface area contributed by atoms with Crippen molar-refractivity contribution < 1.29 is 22.7 Å². The van der Waals surface area contributed by atoms with Gasteiger partial charge in [-0.05, 0) is 53.3 Å². The standard InChI is InChI=1S/C25H26Cl2N2O5S2/c1-17(2)12-29(36(31,32)24-11-19(26)6-7-21(24)27)15-25(30)28(14-20-4-3-9-35-20)13-18-5-8-22-23(10-18)34-16-33-22/h3-11,17H,12-16H2,1-2H3. The van der Waals surface area contributed by atoms with E-state index in [0.29, 0.717) is 18.0 Å². The van der Waals surface area contributed by atoms with Crippen LogP contribution in [0.4, 0.5) is 0 Å². The van der Waals surface area contributed by atoms with E-state index in [0.717, 1.165) is 10.4 Å². The van der Waals surface area contributed by atoms with Gasteiger partial charge >= 0.3 is 0 Å². The van der Waals surface area contributed by atoms with Gasteiger partial charge in [0.25, 0.3) is 0 Å². The van der Waals surface area contributed by atoms with Gasteiger partial charge in [-0.1, -0.05) is 49.2 Å². The van der Waals surface area contributed by atoms with Crippen LogP contribution in [0.2, 0.25) is 10.0 Å². The van der Waals surface area contributed by atoms with E-state index in [1.54, 1.807) is 4.90 Å². The summed E-state index contributed by atoms with van der Waals surface area (Å²) in [4.78, 5) is 16.2. The molecule has 3 aromatic rings. The van der Waals surface area contributed by atoms with Gasteiger partial charge in [-0.2, -0.15) is 4.31 Å². The van der Waals surface area contributed by atoms with E-state index in [4.69, 9.17) is 32.7 Å². The Morgan fingerprint density at radius 3 is 2.56 bits per heavy atom. The van der Waals surface area contributed by atoms with Crippen LogP contribution in [-0.4, -0.2) is 43.4 Å². The molecule has 1 aliphatic rings. The van der Waals surface area contributed by atoms with Crippen LogP contribution in [0.1, 0.15) is 24.3 Å². The fourth-order valence-corrected chi connectivity index (χ4v) is 6.81. The third-order valence-electron chi connectivity index (χ3n) is 5.48. The minimum atomic E-state index is -4.09. The highest BCUT2D eigenvalue weighted by Crippen LogP contribution is 2.33. The quantitative estimate of drug-likeness (QED) is 0.315. The lowest BCUT2D eigenvalue weighted by Crippen LogP contribution is -2.43. The van der Waals surface area contributed by atoms with Gasteiger partial charge < -0.3 is 14.4 Å². The largest absolute Gasteiger partial charge is 0.454 e. The zero-order valence-electron chi connectivity index (χ0n) is 19.8. The summed E-state index contributed by atoms with van der Waals surface area (Å²) >= 11 is 13.8. The van der Waals surface area contributed by atoms with E-state index in [2.05, 4.69) is 0 Å². The average Bonchev–Trinajstić information content (AvgIpc) is 3.51. The van der Waals surface area contributed by atoms with Crippen molar-refractivity contribution in [1.29, 1.82) is 0 Å². The van der Waals surface area contributed by atoms with Crippen molar-refractivity contribution in [3.63, 3.8) is 0 Å². The molecule has 36 heavy (non-hydrogen) atoms. The van der Waals surface area contributed by atoms with Crippen molar-refractivity contribution in [2.45, 2.75) is 31.8 Å². The molecular formula is C25H26Cl2N2O5S2. The van der Waals surface area contributed by atoms with Crippen LogP contribution in [-0.2, 0) is 27.9 Å². The molecule has 1 aromatic heterocycles. The van der Waals surface area contributed by atoms with E-state index in [9.17, 15) is 13.2 Å². The van der Waals surface area contributed by atoms with E-state index < -0.39 is 10.0 Å². The number of benzene rings is 2. The first kappa shape index (κ1) is 26.8. The monoisotopic (exact) mass is 568 g/mol. The number of halogens is 2. The van der Waals surface area contributed by atoms with Crippen LogP contribution in [0.3, 0.4) is 0 Å². The lowest BCUT2D eigenvalue weighted by atomic mass is 10.2. The number of sulfonamides is 1. The lowest BCUT2D eigenvalue weighted by Gasteiger charge is -2.28. The van der Waals surface area contributed by atoms with E-state index >= 15 is 0 Å². The van der Waals surface area contributed by atoms with Crippen molar-refractivity contribution >= 4 is 50.5 Å². The summed E-state index contributed by atoms with van der Waals surface area (Å²) in [7, 11) is -4.09. The molecular weight excluding hydrogens is 543 g/mol. The van der Waals surface area contributed by atoms with Crippen LogP contribution in [0.25, 0.3) is 0 Å². The predicted molar refractivity (Wildman–Crippen MR) is 141 cm³/mol. The van der Waals surface area contributed by atoms with Gasteiger partial charge in [-0.3, -0.25) is 4.79 Å². The summed E-state index contributed by atoms with van der Waals surface area (Å²) in [5.41, 5.74) is 0.848. The number of hydrogen-bond acceptors (Lipinski definition) is 6. The highest BCUT2D eigenvalue weighted by molar-refractivity contribution is 7.89. The molecule has 1 aliphatic heterocycles. The van der Waals surface area contributed by atoms with Gasteiger partial charge in [0.05, 0.1) is 18.1 Å². The normalized spacial score (nSPS) is 12.9. The van der Waals surface area contributed by atoms with Crippen molar-refractivity contribution in [1.82, 2.24) is 9.21 Å². The van der Waals surface area contributed by atoms with Crippen LogP contribution in [0.5, 0.6) is 11.5 Å². The smallest absolute Gasteiger partial charge is 0.245 e. The second kappa shape index (κ2) is 11.4. The summed E-state index contributed by atoms with van der Waals surface area (Å²) in [5.74, 6) is 0.923. The predicted octanol–water partition coefficient (Wildman–Crippen LogP) is 5.66. The number of carbonyl (C=O) groups is 1. The molecule has 2 aromatic carbocycles. The summed E-state index contributed by atoms with van der Waals surface area (Å²) in [6, 6.07) is 13.7. The first-order chi connectivity index (χ1) is 17.1. The number of ether oxygens (including phenoxy) is 2. The Labute approximate surface area is 225 Å². The van der Waals surface area contributed by atoms with E-state index in [1.807, 2.05) is 49.6 Å². The Morgan fingerprint density at radius 1 is 1.06 bits per heavy atom. The molecule has 1 amide bonds. The highest BCUT2D eigenvalue weighted by Gasteiger charge is 2.31. The molecule has 0 N–H and O–H groups in total. The molecule has 0 saturated heterocycles. The fraction of sp³-hybridized carbons (Fsp3) is 0.320. The number of nitrogens with zero attached hydrogens (tertiary/aromatic N) is 2. The Hall–Kier alpha value is -2.30. The molecule has 2 heterocycles. The maximum Gasteiger partial charge on any atom is 0.245 e. The maximum absolute atomic E-state index is 13.6. The first-order valence-electron chi connectivity index (χ1n) is 11.3.